The van der Waals surface area contributed by atoms with E-state index in [0.717, 1.165) is 51.7 Å². The second-order valence-corrected chi connectivity index (χ2v) is 9.02. The van der Waals surface area contributed by atoms with Crippen LogP contribution >= 0.6 is 0 Å². The van der Waals surface area contributed by atoms with Gasteiger partial charge in [-0.1, -0.05) is 13.3 Å². The predicted molar refractivity (Wildman–Crippen MR) is 87.2 cm³/mol. The van der Waals surface area contributed by atoms with Crippen molar-refractivity contribution in [3.05, 3.63) is 0 Å². The van der Waals surface area contributed by atoms with E-state index in [-0.39, 0.29) is 10.8 Å². The number of nitrogens with two attached hydrogens (primary N) is 1. The third-order valence-electron chi connectivity index (χ3n) is 5.80. The van der Waals surface area contributed by atoms with E-state index in [4.69, 9.17) is 5.73 Å². The molecule has 6 heteroatoms. The van der Waals surface area contributed by atoms with Gasteiger partial charge in [0.15, 0.2) is 9.84 Å². The highest BCUT2D eigenvalue weighted by Gasteiger charge is 2.51. The van der Waals surface area contributed by atoms with Crippen LogP contribution in [0.1, 0.15) is 39.0 Å². The summed E-state index contributed by atoms with van der Waals surface area (Å²) in [6.07, 6.45) is 6.24. The monoisotopic (exact) mass is 317 g/mol. The normalized spacial score (nSPS) is 32.9. The molecule has 1 aliphatic carbocycles. The summed E-state index contributed by atoms with van der Waals surface area (Å²) >= 11 is 0. The van der Waals surface area contributed by atoms with E-state index in [9.17, 15) is 8.42 Å². The summed E-state index contributed by atoms with van der Waals surface area (Å²) in [6, 6.07) is 0.457. The molecule has 1 saturated heterocycles. The van der Waals surface area contributed by atoms with Crippen LogP contribution in [0.5, 0.6) is 0 Å². The molecule has 124 valence electrons. The molecular formula is C15H31N3O2S. The van der Waals surface area contributed by atoms with Crippen molar-refractivity contribution in [2.24, 2.45) is 5.73 Å². The minimum Gasteiger partial charge on any atom is -0.329 e. The molecule has 2 aliphatic rings. The van der Waals surface area contributed by atoms with Gasteiger partial charge >= 0.3 is 0 Å². The fourth-order valence-corrected chi connectivity index (χ4v) is 6.18. The molecule has 0 aromatic rings. The van der Waals surface area contributed by atoms with E-state index in [0.29, 0.717) is 12.6 Å². The lowest BCUT2D eigenvalue weighted by atomic mass is 9.90. The summed E-state index contributed by atoms with van der Waals surface area (Å²) in [6.45, 7) is 5.95. The third kappa shape index (κ3) is 3.28. The van der Waals surface area contributed by atoms with Crippen molar-refractivity contribution in [1.82, 2.24) is 9.80 Å². The maximum absolute atomic E-state index is 12.2. The van der Waals surface area contributed by atoms with Gasteiger partial charge in [-0.3, -0.25) is 4.90 Å². The molecule has 0 aromatic carbocycles. The molecular weight excluding hydrogens is 286 g/mol. The van der Waals surface area contributed by atoms with Crippen LogP contribution in [0.3, 0.4) is 0 Å². The Morgan fingerprint density at radius 3 is 2.38 bits per heavy atom. The predicted octanol–water partition coefficient (Wildman–Crippen LogP) is 0.697. The molecule has 2 N–H and O–H groups in total. The van der Waals surface area contributed by atoms with E-state index in [1.165, 1.54) is 6.26 Å². The van der Waals surface area contributed by atoms with E-state index in [1.807, 2.05) is 0 Å². The number of sulfone groups is 1. The molecule has 0 amide bonds. The van der Waals surface area contributed by atoms with Crippen LogP contribution in [-0.2, 0) is 9.84 Å². The summed E-state index contributed by atoms with van der Waals surface area (Å²) in [4.78, 5) is 4.79. The second-order valence-electron chi connectivity index (χ2n) is 6.79. The van der Waals surface area contributed by atoms with Crippen molar-refractivity contribution in [1.29, 1.82) is 0 Å². The number of hydrogen-bond donors (Lipinski definition) is 1. The maximum Gasteiger partial charge on any atom is 0.152 e. The Hall–Kier alpha value is -0.170. The fourth-order valence-electron chi connectivity index (χ4n) is 4.40. The lowest BCUT2D eigenvalue weighted by Crippen LogP contribution is -2.63. The second kappa shape index (κ2) is 6.52. The van der Waals surface area contributed by atoms with Gasteiger partial charge in [0, 0.05) is 24.4 Å². The van der Waals surface area contributed by atoms with Gasteiger partial charge < -0.3 is 10.6 Å². The zero-order chi connectivity index (χ0) is 15.7. The van der Waals surface area contributed by atoms with Crippen LogP contribution in [0.2, 0.25) is 0 Å². The topological polar surface area (TPSA) is 66.6 Å². The standard InChI is InChI=1S/C15H31N3O2S/c1-4-18-10-7-13(8-11-18)17(2)15(12-16)9-5-6-14(15)21(3,19)20/h13-14H,4-12,16H2,1-3H3. The van der Waals surface area contributed by atoms with Crippen molar-refractivity contribution in [2.75, 3.05) is 39.5 Å². The van der Waals surface area contributed by atoms with Gasteiger partial charge in [-0.2, -0.15) is 0 Å². The van der Waals surface area contributed by atoms with E-state index in [2.05, 4.69) is 23.8 Å². The van der Waals surface area contributed by atoms with E-state index < -0.39 is 9.84 Å². The number of hydrogen-bond acceptors (Lipinski definition) is 5. The number of nitrogens with zero attached hydrogens (tertiary/aromatic N) is 2. The first-order chi connectivity index (χ1) is 9.85. The smallest absolute Gasteiger partial charge is 0.152 e. The number of likely N-dealkylation sites (tertiary alicyclic amines) is 1. The first kappa shape index (κ1) is 17.2. The van der Waals surface area contributed by atoms with Crippen LogP contribution in [0, 0.1) is 0 Å². The van der Waals surface area contributed by atoms with E-state index >= 15 is 0 Å². The molecule has 1 aliphatic heterocycles. The SMILES string of the molecule is CCN1CCC(N(C)C2(CN)CCCC2S(C)(=O)=O)CC1. The largest absolute Gasteiger partial charge is 0.329 e. The lowest BCUT2D eigenvalue weighted by molar-refractivity contribution is 0.0448. The van der Waals surface area contributed by atoms with Crippen molar-refractivity contribution >= 4 is 9.84 Å². The highest BCUT2D eigenvalue weighted by molar-refractivity contribution is 7.91. The fraction of sp³-hybridized carbons (Fsp3) is 1.00. The minimum atomic E-state index is -3.05. The van der Waals surface area contributed by atoms with Crippen LogP contribution in [0.15, 0.2) is 0 Å². The molecule has 0 radical (unpaired) electrons. The maximum atomic E-state index is 12.2. The molecule has 21 heavy (non-hydrogen) atoms. The van der Waals surface area contributed by atoms with Crippen molar-refractivity contribution in [3.63, 3.8) is 0 Å². The van der Waals surface area contributed by atoms with Crippen LogP contribution < -0.4 is 5.73 Å². The van der Waals surface area contributed by atoms with Gasteiger partial charge in [0.05, 0.1) is 5.25 Å². The van der Waals surface area contributed by atoms with Crippen LogP contribution in [0.4, 0.5) is 0 Å². The molecule has 2 rings (SSSR count). The van der Waals surface area contributed by atoms with Gasteiger partial charge in [-0.05, 0) is 52.4 Å². The van der Waals surface area contributed by atoms with Gasteiger partial charge in [0.2, 0.25) is 0 Å². The summed E-state index contributed by atoms with van der Waals surface area (Å²) in [5, 5.41) is -0.302. The average Bonchev–Trinajstić information content (AvgIpc) is 2.92. The number of piperidine rings is 1. The van der Waals surface area contributed by atoms with Crippen molar-refractivity contribution < 1.29 is 8.42 Å². The third-order valence-corrected chi connectivity index (χ3v) is 7.51. The molecule has 2 atom stereocenters. The molecule has 0 spiro atoms. The zero-order valence-electron chi connectivity index (χ0n) is 13.7. The molecule has 1 saturated carbocycles. The quantitative estimate of drug-likeness (QED) is 0.808. The van der Waals surface area contributed by atoms with Crippen LogP contribution in [-0.4, -0.2) is 74.5 Å². The Balaban J connectivity index is 2.16. The highest BCUT2D eigenvalue weighted by atomic mass is 32.2. The molecule has 0 aromatic heterocycles. The molecule has 1 heterocycles. The summed E-state index contributed by atoms with van der Waals surface area (Å²) in [5.41, 5.74) is 5.75. The van der Waals surface area contributed by atoms with Gasteiger partial charge in [-0.15, -0.1) is 0 Å². The first-order valence-electron chi connectivity index (χ1n) is 8.19. The number of likely N-dealkylation sites (N-methyl/N-ethyl adjacent to an activating group) is 1. The Morgan fingerprint density at radius 2 is 1.90 bits per heavy atom. The first-order valence-corrected chi connectivity index (χ1v) is 10.1. The Kier molecular flexibility index (Phi) is 5.34. The highest BCUT2D eigenvalue weighted by Crippen LogP contribution is 2.40. The van der Waals surface area contributed by atoms with Crippen molar-refractivity contribution in [3.8, 4) is 0 Å². The van der Waals surface area contributed by atoms with Crippen molar-refractivity contribution in [2.45, 2.75) is 55.9 Å². The minimum absolute atomic E-state index is 0.302. The van der Waals surface area contributed by atoms with E-state index in [1.54, 1.807) is 0 Å². The molecule has 0 bridgehead atoms. The Bertz CT molecular complexity index is 446. The summed E-state index contributed by atoms with van der Waals surface area (Å²) in [7, 11) is -0.954. The van der Waals surface area contributed by atoms with Gasteiger partial charge in [0.25, 0.3) is 0 Å². The number of rotatable bonds is 5. The van der Waals surface area contributed by atoms with Crippen LogP contribution in [0.25, 0.3) is 0 Å². The molecule has 2 unspecified atom stereocenters. The Morgan fingerprint density at radius 1 is 1.29 bits per heavy atom. The molecule has 2 fully saturated rings. The van der Waals surface area contributed by atoms with Gasteiger partial charge in [-0.25, -0.2) is 8.42 Å². The molecule has 5 nitrogen and oxygen atoms in total. The average molecular weight is 317 g/mol. The Labute approximate surface area is 129 Å². The summed E-state index contributed by atoms with van der Waals surface area (Å²) < 4.78 is 24.4. The van der Waals surface area contributed by atoms with Gasteiger partial charge in [0.1, 0.15) is 0 Å². The zero-order valence-corrected chi connectivity index (χ0v) is 14.5. The summed E-state index contributed by atoms with van der Waals surface area (Å²) in [5.74, 6) is 0. The lowest BCUT2D eigenvalue weighted by Gasteiger charge is -2.48.